The molecule has 0 saturated heterocycles. The number of aromatic nitrogens is 1. The highest BCUT2D eigenvalue weighted by Gasteiger charge is 2.06. The summed E-state index contributed by atoms with van der Waals surface area (Å²) in [5.74, 6) is -1.13. The quantitative estimate of drug-likeness (QED) is 0.680. The van der Waals surface area contributed by atoms with E-state index < -0.39 is 11.6 Å². The highest BCUT2D eigenvalue weighted by molar-refractivity contribution is 14.1. The van der Waals surface area contributed by atoms with E-state index in [-0.39, 0.29) is 0 Å². The zero-order valence-electron chi connectivity index (χ0n) is 6.39. The second kappa shape index (κ2) is 3.17. The molecule has 0 aliphatic rings. The molecule has 0 bridgehead atoms. The van der Waals surface area contributed by atoms with Crippen LogP contribution in [0.5, 0.6) is 0 Å². The van der Waals surface area contributed by atoms with Gasteiger partial charge in [0.15, 0.2) is 0 Å². The van der Waals surface area contributed by atoms with E-state index in [4.69, 9.17) is 0 Å². The fourth-order valence-electron chi connectivity index (χ4n) is 1.16. The lowest BCUT2D eigenvalue weighted by Crippen LogP contribution is -1.87. The molecule has 0 radical (unpaired) electrons. The number of pyridine rings is 1. The van der Waals surface area contributed by atoms with Crippen LogP contribution >= 0.6 is 22.6 Å². The highest BCUT2D eigenvalue weighted by Crippen LogP contribution is 2.22. The first kappa shape index (κ1) is 8.80. The predicted molar refractivity (Wildman–Crippen MR) is 54.4 cm³/mol. The van der Waals surface area contributed by atoms with Crippen molar-refractivity contribution in [1.29, 1.82) is 0 Å². The second-order valence-corrected chi connectivity index (χ2v) is 3.77. The average molecular weight is 291 g/mol. The molecule has 2 aromatic rings. The Morgan fingerprint density at radius 2 is 1.85 bits per heavy atom. The van der Waals surface area contributed by atoms with Crippen LogP contribution in [0.25, 0.3) is 10.8 Å². The number of rotatable bonds is 0. The normalized spacial score (nSPS) is 10.7. The molecule has 1 aromatic heterocycles. The van der Waals surface area contributed by atoms with Crippen molar-refractivity contribution in [2.75, 3.05) is 0 Å². The Balaban J connectivity index is 2.94. The van der Waals surface area contributed by atoms with Crippen LogP contribution in [0.2, 0.25) is 0 Å². The van der Waals surface area contributed by atoms with Gasteiger partial charge in [-0.1, -0.05) is 0 Å². The number of hydrogen-bond acceptors (Lipinski definition) is 1. The molecule has 0 atom stereocenters. The molecule has 1 aromatic carbocycles. The molecule has 0 unspecified atom stereocenters. The maximum absolute atomic E-state index is 13.1. The van der Waals surface area contributed by atoms with Gasteiger partial charge in [0.25, 0.3) is 0 Å². The van der Waals surface area contributed by atoms with Gasteiger partial charge >= 0.3 is 0 Å². The Morgan fingerprint density at radius 3 is 2.62 bits per heavy atom. The standard InChI is InChI=1S/C9H4F2IN/c10-5-1-6-7(8(11)2-5)3-13-4-9(6)12/h1-4H. The summed E-state index contributed by atoms with van der Waals surface area (Å²) in [6.07, 6.45) is 2.97. The van der Waals surface area contributed by atoms with Gasteiger partial charge < -0.3 is 0 Å². The van der Waals surface area contributed by atoms with Crippen molar-refractivity contribution in [1.82, 2.24) is 4.98 Å². The van der Waals surface area contributed by atoms with Gasteiger partial charge in [0.1, 0.15) is 11.6 Å². The van der Waals surface area contributed by atoms with E-state index in [1.807, 2.05) is 22.6 Å². The summed E-state index contributed by atoms with van der Waals surface area (Å²) in [5, 5.41) is 0.918. The van der Waals surface area contributed by atoms with Gasteiger partial charge in [-0.15, -0.1) is 0 Å². The first-order chi connectivity index (χ1) is 6.18. The molecular formula is C9H4F2IN. The van der Waals surface area contributed by atoms with Gasteiger partial charge in [-0.3, -0.25) is 4.98 Å². The average Bonchev–Trinajstić information content (AvgIpc) is 2.07. The molecule has 0 aliphatic heterocycles. The topological polar surface area (TPSA) is 12.9 Å². The molecule has 0 fully saturated rings. The van der Waals surface area contributed by atoms with Crippen LogP contribution < -0.4 is 0 Å². The van der Waals surface area contributed by atoms with Crippen LogP contribution in [0.15, 0.2) is 24.5 Å². The lowest BCUT2D eigenvalue weighted by Gasteiger charge is -2.00. The van der Waals surface area contributed by atoms with Crippen LogP contribution in [0.1, 0.15) is 0 Å². The molecule has 0 aliphatic carbocycles. The van der Waals surface area contributed by atoms with Crippen LogP contribution in [-0.2, 0) is 0 Å². The van der Waals surface area contributed by atoms with Crippen molar-refractivity contribution in [3.05, 3.63) is 39.7 Å². The van der Waals surface area contributed by atoms with Crippen LogP contribution in [0.4, 0.5) is 8.78 Å². The zero-order valence-corrected chi connectivity index (χ0v) is 8.55. The number of benzene rings is 1. The van der Waals surface area contributed by atoms with Gasteiger partial charge in [-0.05, 0) is 28.7 Å². The Labute approximate surface area is 86.9 Å². The number of hydrogen-bond donors (Lipinski definition) is 0. The van der Waals surface area contributed by atoms with Crippen molar-refractivity contribution in [2.24, 2.45) is 0 Å². The van der Waals surface area contributed by atoms with E-state index >= 15 is 0 Å². The maximum atomic E-state index is 13.1. The molecular weight excluding hydrogens is 287 g/mol. The summed E-state index contributed by atoms with van der Waals surface area (Å²) in [4.78, 5) is 3.83. The second-order valence-electron chi connectivity index (χ2n) is 2.60. The highest BCUT2D eigenvalue weighted by atomic mass is 127. The van der Waals surface area contributed by atoms with Crippen LogP contribution in [-0.4, -0.2) is 4.98 Å². The molecule has 1 nitrogen and oxygen atoms in total. The minimum atomic E-state index is -0.569. The first-order valence-corrected chi connectivity index (χ1v) is 4.64. The monoisotopic (exact) mass is 291 g/mol. The summed E-state index contributed by atoms with van der Waals surface area (Å²) >= 11 is 2.00. The van der Waals surface area contributed by atoms with Gasteiger partial charge in [0.05, 0.1) is 0 Å². The summed E-state index contributed by atoms with van der Waals surface area (Å²) in [5.41, 5.74) is 0. The number of fused-ring (bicyclic) bond motifs is 1. The fourth-order valence-corrected chi connectivity index (χ4v) is 1.77. The van der Waals surface area contributed by atoms with Gasteiger partial charge in [-0.2, -0.15) is 0 Å². The predicted octanol–water partition coefficient (Wildman–Crippen LogP) is 3.12. The Morgan fingerprint density at radius 1 is 1.08 bits per heavy atom. The van der Waals surface area contributed by atoms with E-state index in [9.17, 15) is 8.78 Å². The molecule has 4 heteroatoms. The lowest BCUT2D eigenvalue weighted by atomic mass is 10.2. The molecule has 1 heterocycles. The lowest BCUT2D eigenvalue weighted by molar-refractivity contribution is 0.592. The van der Waals surface area contributed by atoms with Crippen molar-refractivity contribution in [2.45, 2.75) is 0 Å². The van der Waals surface area contributed by atoms with E-state index in [0.717, 1.165) is 9.64 Å². The van der Waals surface area contributed by atoms with Crippen LogP contribution in [0.3, 0.4) is 0 Å². The Bertz CT molecular complexity index is 470. The van der Waals surface area contributed by atoms with Gasteiger partial charge in [0, 0.05) is 32.8 Å². The van der Waals surface area contributed by atoms with Crippen molar-refractivity contribution >= 4 is 33.4 Å². The maximum Gasteiger partial charge on any atom is 0.135 e. The number of halogens is 3. The van der Waals surface area contributed by atoms with E-state index in [1.54, 1.807) is 6.20 Å². The Hall–Kier alpha value is -0.780. The summed E-state index contributed by atoms with van der Waals surface area (Å²) in [6.45, 7) is 0. The van der Waals surface area contributed by atoms with Crippen molar-refractivity contribution in [3.63, 3.8) is 0 Å². The third kappa shape index (κ3) is 1.50. The summed E-state index contributed by atoms with van der Waals surface area (Å²) in [7, 11) is 0. The molecule has 13 heavy (non-hydrogen) atoms. The third-order valence-corrected chi connectivity index (χ3v) is 2.60. The SMILES string of the molecule is Fc1cc(F)c2cncc(I)c2c1. The molecule has 0 N–H and O–H groups in total. The van der Waals surface area contributed by atoms with Crippen LogP contribution in [0, 0.1) is 15.2 Å². The minimum absolute atomic E-state index is 0.355. The zero-order chi connectivity index (χ0) is 9.42. The summed E-state index contributed by atoms with van der Waals surface area (Å²) in [6, 6.07) is 2.17. The fraction of sp³-hybridized carbons (Fsp3) is 0. The van der Waals surface area contributed by atoms with E-state index in [0.29, 0.717) is 10.8 Å². The molecule has 0 amide bonds. The molecule has 2 rings (SSSR count). The van der Waals surface area contributed by atoms with Gasteiger partial charge in [0.2, 0.25) is 0 Å². The van der Waals surface area contributed by atoms with Crippen molar-refractivity contribution in [3.8, 4) is 0 Å². The Kier molecular flexibility index (Phi) is 2.15. The number of nitrogens with zero attached hydrogens (tertiary/aromatic N) is 1. The first-order valence-electron chi connectivity index (χ1n) is 3.57. The van der Waals surface area contributed by atoms with E-state index in [1.165, 1.54) is 12.3 Å². The van der Waals surface area contributed by atoms with E-state index in [2.05, 4.69) is 4.98 Å². The molecule has 0 saturated carbocycles. The third-order valence-electron chi connectivity index (χ3n) is 1.74. The summed E-state index contributed by atoms with van der Waals surface area (Å²) < 4.78 is 26.7. The van der Waals surface area contributed by atoms with Gasteiger partial charge in [-0.25, -0.2) is 8.78 Å². The molecule has 0 spiro atoms. The van der Waals surface area contributed by atoms with Crippen molar-refractivity contribution < 1.29 is 8.78 Å². The smallest absolute Gasteiger partial charge is 0.135 e. The molecule has 66 valence electrons. The largest absolute Gasteiger partial charge is 0.263 e. The minimum Gasteiger partial charge on any atom is -0.263 e.